The topological polar surface area (TPSA) is 66.9 Å². The second-order valence-electron chi connectivity index (χ2n) is 5.34. The van der Waals surface area contributed by atoms with Gasteiger partial charge in [-0.1, -0.05) is 43.6 Å². The summed E-state index contributed by atoms with van der Waals surface area (Å²) in [6.07, 6.45) is 3.02. The number of hydrogen-bond acceptors (Lipinski definition) is 4. The fourth-order valence-electron chi connectivity index (χ4n) is 1.75. The van der Waals surface area contributed by atoms with Crippen molar-refractivity contribution in [2.45, 2.75) is 20.4 Å². The maximum absolute atomic E-state index is 12.1. The van der Waals surface area contributed by atoms with Crippen LogP contribution in [0, 0.1) is 5.92 Å². The standard InChI is InChI=1S/C16H19ClN4O/c1-11(2)7-19-16-20-9-13(10-21-16)15(22)18-8-12-5-3-4-6-14(12)17/h3-6,9-11H,7-8H2,1-2H3,(H,18,22)(H,19,20,21). The van der Waals surface area contributed by atoms with Crippen LogP contribution in [-0.4, -0.2) is 22.4 Å². The summed E-state index contributed by atoms with van der Waals surface area (Å²) in [5, 5.41) is 6.54. The molecule has 1 heterocycles. The van der Waals surface area contributed by atoms with Crippen molar-refractivity contribution in [1.82, 2.24) is 15.3 Å². The number of nitrogens with one attached hydrogen (secondary N) is 2. The van der Waals surface area contributed by atoms with Crippen molar-refractivity contribution in [1.29, 1.82) is 0 Å². The summed E-state index contributed by atoms with van der Waals surface area (Å²) < 4.78 is 0. The van der Waals surface area contributed by atoms with Crippen molar-refractivity contribution in [3.05, 3.63) is 52.8 Å². The van der Waals surface area contributed by atoms with Crippen LogP contribution in [0.1, 0.15) is 29.8 Å². The molecule has 6 heteroatoms. The predicted molar refractivity (Wildman–Crippen MR) is 88.0 cm³/mol. The van der Waals surface area contributed by atoms with Crippen molar-refractivity contribution in [2.24, 2.45) is 5.92 Å². The van der Waals surface area contributed by atoms with E-state index >= 15 is 0 Å². The quantitative estimate of drug-likeness (QED) is 0.858. The van der Waals surface area contributed by atoms with E-state index in [0.29, 0.717) is 29.0 Å². The average Bonchev–Trinajstić information content (AvgIpc) is 2.52. The summed E-state index contributed by atoms with van der Waals surface area (Å²) in [6.45, 7) is 5.36. The highest BCUT2D eigenvalue weighted by molar-refractivity contribution is 6.31. The second kappa shape index (κ2) is 7.75. The molecule has 0 bridgehead atoms. The molecule has 0 saturated heterocycles. The molecule has 5 nitrogen and oxygen atoms in total. The van der Waals surface area contributed by atoms with Gasteiger partial charge in [0.2, 0.25) is 5.95 Å². The Morgan fingerprint density at radius 2 is 1.91 bits per heavy atom. The Labute approximate surface area is 135 Å². The third kappa shape index (κ3) is 4.70. The summed E-state index contributed by atoms with van der Waals surface area (Å²) >= 11 is 6.05. The first-order chi connectivity index (χ1) is 10.6. The van der Waals surface area contributed by atoms with E-state index in [-0.39, 0.29) is 5.91 Å². The van der Waals surface area contributed by atoms with Gasteiger partial charge in [0.1, 0.15) is 0 Å². The van der Waals surface area contributed by atoms with Crippen LogP contribution in [0.4, 0.5) is 5.95 Å². The number of hydrogen-bond donors (Lipinski definition) is 2. The average molecular weight is 319 g/mol. The molecule has 0 saturated carbocycles. The molecule has 116 valence electrons. The Bertz CT molecular complexity index is 628. The summed E-state index contributed by atoms with van der Waals surface area (Å²) in [6, 6.07) is 7.40. The first-order valence-corrected chi connectivity index (χ1v) is 7.51. The summed E-state index contributed by atoms with van der Waals surface area (Å²) in [5.41, 5.74) is 1.29. The van der Waals surface area contributed by atoms with Crippen LogP contribution in [0.15, 0.2) is 36.7 Å². The fourth-order valence-corrected chi connectivity index (χ4v) is 1.95. The lowest BCUT2D eigenvalue weighted by molar-refractivity contribution is 0.0950. The minimum absolute atomic E-state index is 0.227. The normalized spacial score (nSPS) is 10.5. The molecule has 0 atom stereocenters. The molecule has 0 aliphatic heterocycles. The zero-order chi connectivity index (χ0) is 15.9. The Kier molecular flexibility index (Phi) is 5.72. The van der Waals surface area contributed by atoms with Crippen LogP contribution in [0.2, 0.25) is 5.02 Å². The summed E-state index contributed by atoms with van der Waals surface area (Å²) in [7, 11) is 0. The molecular weight excluding hydrogens is 300 g/mol. The highest BCUT2D eigenvalue weighted by atomic mass is 35.5. The van der Waals surface area contributed by atoms with Gasteiger partial charge in [-0.25, -0.2) is 9.97 Å². The SMILES string of the molecule is CC(C)CNc1ncc(C(=O)NCc2ccccc2Cl)cn1. The molecular formula is C16H19ClN4O. The molecule has 1 aromatic carbocycles. The number of nitrogens with zero attached hydrogens (tertiary/aromatic N) is 2. The van der Waals surface area contributed by atoms with Crippen LogP contribution >= 0.6 is 11.6 Å². The van der Waals surface area contributed by atoms with E-state index in [1.165, 1.54) is 12.4 Å². The first kappa shape index (κ1) is 16.2. The smallest absolute Gasteiger partial charge is 0.254 e. The number of benzene rings is 1. The summed E-state index contributed by atoms with van der Waals surface area (Å²) in [4.78, 5) is 20.3. The van der Waals surface area contributed by atoms with Crippen LogP contribution in [0.25, 0.3) is 0 Å². The van der Waals surface area contributed by atoms with Crippen molar-refractivity contribution >= 4 is 23.5 Å². The highest BCUT2D eigenvalue weighted by Gasteiger charge is 2.08. The Balaban J connectivity index is 1.91. The van der Waals surface area contributed by atoms with E-state index in [0.717, 1.165) is 12.1 Å². The predicted octanol–water partition coefficient (Wildman–Crippen LogP) is 3.13. The minimum atomic E-state index is -0.227. The van der Waals surface area contributed by atoms with Gasteiger partial charge in [-0.05, 0) is 17.5 Å². The lowest BCUT2D eigenvalue weighted by Gasteiger charge is -2.08. The number of aromatic nitrogens is 2. The van der Waals surface area contributed by atoms with E-state index < -0.39 is 0 Å². The van der Waals surface area contributed by atoms with E-state index in [1.807, 2.05) is 18.2 Å². The molecule has 22 heavy (non-hydrogen) atoms. The molecule has 1 aromatic heterocycles. The zero-order valence-electron chi connectivity index (χ0n) is 12.6. The molecule has 0 aliphatic rings. The van der Waals surface area contributed by atoms with Gasteiger partial charge in [0.15, 0.2) is 0 Å². The molecule has 2 aromatic rings. The third-order valence-electron chi connectivity index (χ3n) is 2.98. The van der Waals surface area contributed by atoms with Crippen molar-refractivity contribution in [3.8, 4) is 0 Å². The van der Waals surface area contributed by atoms with Gasteiger partial charge in [0.05, 0.1) is 5.56 Å². The Morgan fingerprint density at radius 1 is 1.23 bits per heavy atom. The Hall–Kier alpha value is -2.14. The van der Waals surface area contributed by atoms with Gasteiger partial charge in [0, 0.05) is 30.5 Å². The van der Waals surface area contributed by atoms with Crippen LogP contribution < -0.4 is 10.6 Å². The molecule has 0 radical (unpaired) electrons. The molecule has 2 N–H and O–H groups in total. The maximum atomic E-state index is 12.1. The van der Waals surface area contributed by atoms with Gasteiger partial charge >= 0.3 is 0 Å². The number of rotatable bonds is 6. The molecule has 0 unspecified atom stereocenters. The molecule has 0 spiro atoms. The van der Waals surface area contributed by atoms with Crippen LogP contribution in [0.5, 0.6) is 0 Å². The van der Waals surface area contributed by atoms with Crippen LogP contribution in [0.3, 0.4) is 0 Å². The number of halogens is 1. The number of carbonyl (C=O) groups is 1. The fraction of sp³-hybridized carbons (Fsp3) is 0.312. The molecule has 0 fully saturated rings. The van der Waals surface area contributed by atoms with Crippen molar-refractivity contribution < 1.29 is 4.79 Å². The molecule has 1 amide bonds. The van der Waals surface area contributed by atoms with E-state index in [1.54, 1.807) is 6.07 Å². The van der Waals surface area contributed by atoms with Gasteiger partial charge in [0.25, 0.3) is 5.91 Å². The molecule has 0 aliphatic carbocycles. The maximum Gasteiger partial charge on any atom is 0.254 e. The van der Waals surface area contributed by atoms with Gasteiger partial charge in [-0.3, -0.25) is 4.79 Å². The van der Waals surface area contributed by atoms with Crippen molar-refractivity contribution in [2.75, 3.05) is 11.9 Å². The zero-order valence-corrected chi connectivity index (χ0v) is 13.4. The van der Waals surface area contributed by atoms with Crippen LogP contribution in [-0.2, 0) is 6.54 Å². The third-order valence-corrected chi connectivity index (χ3v) is 3.35. The van der Waals surface area contributed by atoms with Crippen molar-refractivity contribution in [3.63, 3.8) is 0 Å². The van der Waals surface area contributed by atoms with E-state index in [9.17, 15) is 4.79 Å². The highest BCUT2D eigenvalue weighted by Crippen LogP contribution is 2.14. The minimum Gasteiger partial charge on any atom is -0.354 e. The van der Waals surface area contributed by atoms with E-state index in [2.05, 4.69) is 34.4 Å². The lowest BCUT2D eigenvalue weighted by Crippen LogP contribution is -2.23. The molecule has 2 rings (SSSR count). The van der Waals surface area contributed by atoms with E-state index in [4.69, 9.17) is 11.6 Å². The number of carbonyl (C=O) groups excluding carboxylic acids is 1. The Morgan fingerprint density at radius 3 is 2.55 bits per heavy atom. The second-order valence-corrected chi connectivity index (χ2v) is 5.75. The number of anilines is 1. The first-order valence-electron chi connectivity index (χ1n) is 7.14. The number of amides is 1. The monoisotopic (exact) mass is 318 g/mol. The summed E-state index contributed by atoms with van der Waals surface area (Å²) in [5.74, 6) is 0.800. The van der Waals surface area contributed by atoms with Gasteiger partial charge in [-0.2, -0.15) is 0 Å². The van der Waals surface area contributed by atoms with Gasteiger partial charge in [-0.15, -0.1) is 0 Å². The largest absolute Gasteiger partial charge is 0.354 e. The van der Waals surface area contributed by atoms with Gasteiger partial charge < -0.3 is 10.6 Å². The lowest BCUT2D eigenvalue weighted by atomic mass is 10.2.